The van der Waals surface area contributed by atoms with Crippen LogP contribution in [-0.4, -0.2) is 48.0 Å². The molecule has 1 saturated heterocycles. The first-order valence-corrected chi connectivity index (χ1v) is 7.94. The lowest BCUT2D eigenvalue weighted by Crippen LogP contribution is -2.32. The number of ether oxygens (including phenoxy) is 1. The maximum atomic E-state index is 13.3. The normalized spacial score (nSPS) is 15.1. The summed E-state index contributed by atoms with van der Waals surface area (Å²) in [5.74, 6) is 0.276. The van der Waals surface area contributed by atoms with Crippen LogP contribution in [0, 0.1) is 11.7 Å². The fourth-order valence-electron chi connectivity index (χ4n) is 2.85. The first kappa shape index (κ1) is 16.1. The molecule has 23 heavy (non-hydrogen) atoms. The summed E-state index contributed by atoms with van der Waals surface area (Å²) in [6.07, 6.45) is 1.91. The summed E-state index contributed by atoms with van der Waals surface area (Å²) in [4.78, 5) is 2.17. The van der Waals surface area contributed by atoms with Gasteiger partial charge < -0.3 is 15.4 Å². The van der Waals surface area contributed by atoms with E-state index in [-0.39, 0.29) is 5.82 Å². The van der Waals surface area contributed by atoms with Gasteiger partial charge in [0.25, 0.3) is 0 Å². The molecular weight excluding hydrogens is 295 g/mol. The van der Waals surface area contributed by atoms with Crippen molar-refractivity contribution >= 4 is 0 Å². The summed E-state index contributed by atoms with van der Waals surface area (Å²) in [5, 5.41) is 4.56. The summed E-state index contributed by atoms with van der Waals surface area (Å²) >= 11 is 0. The SMILES string of the molecule is CN(CCN)Cc1cnn(CC2COC2)c1-c1ccc(F)cc1. The molecule has 2 N–H and O–H groups in total. The summed E-state index contributed by atoms with van der Waals surface area (Å²) in [5.41, 5.74) is 8.80. The molecule has 0 unspecified atom stereocenters. The van der Waals surface area contributed by atoms with Gasteiger partial charge in [0.1, 0.15) is 5.82 Å². The Balaban J connectivity index is 1.90. The molecule has 0 aliphatic carbocycles. The van der Waals surface area contributed by atoms with E-state index in [1.54, 1.807) is 0 Å². The third kappa shape index (κ3) is 3.77. The lowest BCUT2D eigenvalue weighted by atomic mass is 10.1. The Hall–Kier alpha value is -1.76. The molecule has 6 heteroatoms. The van der Waals surface area contributed by atoms with Crippen molar-refractivity contribution < 1.29 is 9.13 Å². The monoisotopic (exact) mass is 318 g/mol. The van der Waals surface area contributed by atoms with E-state index in [9.17, 15) is 4.39 Å². The Kier molecular flexibility index (Phi) is 5.05. The molecule has 0 bridgehead atoms. The van der Waals surface area contributed by atoms with Crippen LogP contribution in [0.5, 0.6) is 0 Å². The van der Waals surface area contributed by atoms with E-state index >= 15 is 0 Å². The van der Waals surface area contributed by atoms with E-state index < -0.39 is 0 Å². The Morgan fingerprint density at radius 1 is 1.35 bits per heavy atom. The predicted octanol–water partition coefficient (Wildman–Crippen LogP) is 1.73. The van der Waals surface area contributed by atoms with Crippen LogP contribution in [0.1, 0.15) is 5.56 Å². The Morgan fingerprint density at radius 2 is 2.09 bits per heavy atom. The Morgan fingerprint density at radius 3 is 2.70 bits per heavy atom. The summed E-state index contributed by atoms with van der Waals surface area (Å²) in [6, 6.07) is 6.61. The minimum atomic E-state index is -0.228. The molecule has 0 saturated carbocycles. The zero-order chi connectivity index (χ0) is 16.2. The average molecular weight is 318 g/mol. The van der Waals surface area contributed by atoms with Crippen LogP contribution in [0.3, 0.4) is 0 Å². The van der Waals surface area contributed by atoms with Crippen LogP contribution >= 0.6 is 0 Å². The number of hydrogen-bond donors (Lipinski definition) is 1. The second kappa shape index (κ2) is 7.21. The van der Waals surface area contributed by atoms with Crippen molar-refractivity contribution in [2.45, 2.75) is 13.1 Å². The van der Waals surface area contributed by atoms with Crippen molar-refractivity contribution in [2.24, 2.45) is 11.7 Å². The summed E-state index contributed by atoms with van der Waals surface area (Å²) in [6.45, 7) is 4.61. The van der Waals surface area contributed by atoms with Crippen LogP contribution in [-0.2, 0) is 17.8 Å². The largest absolute Gasteiger partial charge is 0.381 e. The van der Waals surface area contributed by atoms with Crippen molar-refractivity contribution in [1.29, 1.82) is 0 Å². The van der Waals surface area contributed by atoms with Gasteiger partial charge in [-0.15, -0.1) is 0 Å². The fraction of sp³-hybridized carbons (Fsp3) is 0.471. The van der Waals surface area contributed by atoms with E-state index in [0.717, 1.165) is 49.7 Å². The molecule has 1 fully saturated rings. The number of benzene rings is 1. The van der Waals surface area contributed by atoms with Crippen LogP contribution in [0.4, 0.5) is 4.39 Å². The van der Waals surface area contributed by atoms with E-state index in [4.69, 9.17) is 10.5 Å². The molecule has 1 aromatic carbocycles. The zero-order valence-corrected chi connectivity index (χ0v) is 13.4. The second-order valence-corrected chi connectivity index (χ2v) is 6.14. The highest BCUT2D eigenvalue weighted by atomic mass is 19.1. The number of halogens is 1. The molecule has 1 aliphatic heterocycles. The van der Waals surface area contributed by atoms with Crippen molar-refractivity contribution in [3.8, 4) is 11.3 Å². The minimum absolute atomic E-state index is 0.228. The molecule has 3 rings (SSSR count). The third-order valence-electron chi connectivity index (χ3n) is 4.12. The highest BCUT2D eigenvalue weighted by Crippen LogP contribution is 2.27. The smallest absolute Gasteiger partial charge is 0.123 e. The van der Waals surface area contributed by atoms with E-state index in [1.807, 2.05) is 30.1 Å². The molecule has 0 spiro atoms. The van der Waals surface area contributed by atoms with Gasteiger partial charge in [-0.25, -0.2) is 4.39 Å². The van der Waals surface area contributed by atoms with Gasteiger partial charge in [-0.3, -0.25) is 4.68 Å². The molecule has 0 atom stereocenters. The van der Waals surface area contributed by atoms with Gasteiger partial charge in [-0.05, 0) is 31.3 Å². The lowest BCUT2D eigenvalue weighted by molar-refractivity contribution is -0.0406. The summed E-state index contributed by atoms with van der Waals surface area (Å²) < 4.78 is 20.5. The first-order chi connectivity index (χ1) is 11.2. The van der Waals surface area contributed by atoms with Gasteiger partial charge in [-0.1, -0.05) is 0 Å². The van der Waals surface area contributed by atoms with Gasteiger partial charge in [0.05, 0.1) is 25.1 Å². The number of rotatable bonds is 7. The van der Waals surface area contributed by atoms with Crippen molar-refractivity contribution in [2.75, 3.05) is 33.4 Å². The molecule has 5 nitrogen and oxygen atoms in total. The quantitative estimate of drug-likeness (QED) is 0.845. The Labute approximate surface area is 135 Å². The number of nitrogens with zero attached hydrogens (tertiary/aromatic N) is 3. The molecule has 2 heterocycles. The molecule has 2 aromatic rings. The molecule has 0 radical (unpaired) electrons. The lowest BCUT2D eigenvalue weighted by Gasteiger charge is -2.26. The predicted molar refractivity (Wildman–Crippen MR) is 87.3 cm³/mol. The molecule has 1 aromatic heterocycles. The van der Waals surface area contributed by atoms with Crippen LogP contribution in [0.15, 0.2) is 30.5 Å². The van der Waals surface area contributed by atoms with Crippen LogP contribution in [0.2, 0.25) is 0 Å². The Bertz CT molecular complexity index is 637. The van der Waals surface area contributed by atoms with Crippen molar-refractivity contribution in [3.63, 3.8) is 0 Å². The fourth-order valence-corrected chi connectivity index (χ4v) is 2.85. The van der Waals surface area contributed by atoms with Crippen molar-refractivity contribution in [1.82, 2.24) is 14.7 Å². The maximum Gasteiger partial charge on any atom is 0.123 e. The number of nitrogens with two attached hydrogens (primary N) is 1. The van der Waals surface area contributed by atoms with Crippen molar-refractivity contribution in [3.05, 3.63) is 41.8 Å². The molecule has 1 aliphatic rings. The zero-order valence-electron chi connectivity index (χ0n) is 13.4. The molecule has 0 amide bonds. The molecular formula is C17H23FN4O. The van der Waals surface area contributed by atoms with Gasteiger partial charge >= 0.3 is 0 Å². The molecule has 124 valence electrons. The van der Waals surface area contributed by atoms with Gasteiger partial charge in [0.15, 0.2) is 0 Å². The highest BCUT2D eigenvalue weighted by molar-refractivity contribution is 5.63. The minimum Gasteiger partial charge on any atom is -0.381 e. The standard InChI is InChI=1S/C17H23FN4O/c1-21(7-6-19)10-15-8-20-22(9-13-11-23-12-13)17(15)14-2-4-16(18)5-3-14/h2-5,8,13H,6-7,9-12,19H2,1H3. The van der Waals surface area contributed by atoms with Gasteiger partial charge in [-0.2, -0.15) is 5.10 Å². The third-order valence-corrected chi connectivity index (χ3v) is 4.12. The van der Waals surface area contributed by atoms with Gasteiger partial charge in [0, 0.05) is 43.2 Å². The highest BCUT2D eigenvalue weighted by Gasteiger charge is 2.22. The second-order valence-electron chi connectivity index (χ2n) is 6.14. The van der Waals surface area contributed by atoms with Crippen LogP contribution in [0.25, 0.3) is 11.3 Å². The number of likely N-dealkylation sites (N-methyl/N-ethyl adjacent to an activating group) is 1. The van der Waals surface area contributed by atoms with E-state index in [2.05, 4.69) is 10.00 Å². The van der Waals surface area contributed by atoms with E-state index in [1.165, 1.54) is 12.1 Å². The average Bonchev–Trinajstić information content (AvgIpc) is 2.87. The van der Waals surface area contributed by atoms with E-state index in [0.29, 0.717) is 12.5 Å². The first-order valence-electron chi connectivity index (χ1n) is 7.94. The number of aromatic nitrogens is 2. The number of hydrogen-bond acceptors (Lipinski definition) is 4. The topological polar surface area (TPSA) is 56.3 Å². The maximum absolute atomic E-state index is 13.3. The summed E-state index contributed by atoms with van der Waals surface area (Å²) in [7, 11) is 2.04. The van der Waals surface area contributed by atoms with Gasteiger partial charge in [0.2, 0.25) is 0 Å². The van der Waals surface area contributed by atoms with Crippen LogP contribution < -0.4 is 5.73 Å².